The van der Waals surface area contributed by atoms with Crippen LogP contribution >= 0.6 is 0 Å². The summed E-state index contributed by atoms with van der Waals surface area (Å²) >= 11 is 0. The molecular formula is C21H29N. The Hall–Kier alpha value is -1.76. The van der Waals surface area contributed by atoms with Crippen molar-refractivity contribution in [1.29, 1.82) is 0 Å². The van der Waals surface area contributed by atoms with E-state index >= 15 is 0 Å². The Morgan fingerprint density at radius 2 is 1.50 bits per heavy atom. The second-order valence-electron chi connectivity index (χ2n) is 6.26. The molecule has 2 aromatic carbocycles. The predicted molar refractivity (Wildman–Crippen MR) is 98.1 cm³/mol. The smallest absolute Gasteiger partial charge is 0.0445 e. The van der Waals surface area contributed by atoms with Crippen LogP contribution in [0.4, 0.5) is 11.4 Å². The van der Waals surface area contributed by atoms with Crippen LogP contribution in [0.15, 0.2) is 54.6 Å². The summed E-state index contributed by atoms with van der Waals surface area (Å²) in [6, 6.07) is 19.6. The molecule has 0 fully saturated rings. The second-order valence-corrected chi connectivity index (χ2v) is 6.26. The summed E-state index contributed by atoms with van der Waals surface area (Å²) in [5, 5.41) is 0. The highest BCUT2D eigenvalue weighted by Crippen LogP contribution is 2.32. The van der Waals surface area contributed by atoms with Crippen LogP contribution in [0.2, 0.25) is 0 Å². The molecule has 118 valence electrons. The molecule has 0 bridgehead atoms. The maximum Gasteiger partial charge on any atom is 0.0445 e. The standard InChI is InChI=1S/C21H29N/c1-4-5-6-12-17-22(19-13-8-7-9-14-19)21-16-11-10-15-20(21)18(2)3/h7-11,13-16,18H,4-6,12,17H2,1-3H3. The Kier molecular flexibility index (Phi) is 6.51. The third kappa shape index (κ3) is 4.37. The van der Waals surface area contributed by atoms with Crippen molar-refractivity contribution in [3.8, 4) is 0 Å². The SMILES string of the molecule is CCCCCCN(c1ccccc1)c1ccccc1C(C)C. The lowest BCUT2D eigenvalue weighted by Gasteiger charge is -2.28. The van der Waals surface area contributed by atoms with Crippen molar-refractivity contribution >= 4 is 11.4 Å². The third-order valence-electron chi connectivity index (χ3n) is 4.15. The molecule has 2 rings (SSSR count). The van der Waals surface area contributed by atoms with E-state index in [9.17, 15) is 0 Å². The normalized spacial score (nSPS) is 10.9. The van der Waals surface area contributed by atoms with Crippen LogP contribution in [0.1, 0.15) is 57.9 Å². The Morgan fingerprint density at radius 3 is 2.18 bits per heavy atom. The van der Waals surface area contributed by atoms with E-state index in [1.54, 1.807) is 0 Å². The lowest BCUT2D eigenvalue weighted by atomic mass is 9.99. The van der Waals surface area contributed by atoms with Gasteiger partial charge in [-0.05, 0) is 36.1 Å². The number of benzene rings is 2. The zero-order valence-electron chi connectivity index (χ0n) is 14.3. The molecule has 0 aromatic heterocycles. The van der Waals surface area contributed by atoms with E-state index in [0.29, 0.717) is 5.92 Å². The van der Waals surface area contributed by atoms with Crippen LogP contribution in [0.3, 0.4) is 0 Å². The minimum Gasteiger partial charge on any atom is -0.341 e. The molecule has 1 nitrogen and oxygen atoms in total. The summed E-state index contributed by atoms with van der Waals surface area (Å²) in [5.41, 5.74) is 4.09. The minimum absolute atomic E-state index is 0.540. The van der Waals surface area contributed by atoms with Gasteiger partial charge in [0.05, 0.1) is 0 Å². The zero-order valence-corrected chi connectivity index (χ0v) is 14.3. The Balaban J connectivity index is 2.28. The van der Waals surface area contributed by atoms with Gasteiger partial charge in [-0.1, -0.05) is 76.4 Å². The van der Waals surface area contributed by atoms with E-state index in [0.717, 1.165) is 6.54 Å². The summed E-state index contributed by atoms with van der Waals surface area (Å²) in [6.45, 7) is 7.91. The van der Waals surface area contributed by atoms with Gasteiger partial charge in [0.1, 0.15) is 0 Å². The molecule has 2 aromatic rings. The topological polar surface area (TPSA) is 3.24 Å². The molecule has 0 radical (unpaired) electrons. The number of hydrogen-bond acceptors (Lipinski definition) is 1. The molecule has 0 saturated carbocycles. The Bertz CT molecular complexity index is 545. The van der Waals surface area contributed by atoms with Crippen LogP contribution < -0.4 is 4.90 Å². The molecule has 0 spiro atoms. The van der Waals surface area contributed by atoms with Gasteiger partial charge in [-0.3, -0.25) is 0 Å². The quantitative estimate of drug-likeness (QED) is 0.500. The number of unbranched alkanes of at least 4 members (excludes halogenated alkanes) is 3. The van der Waals surface area contributed by atoms with Gasteiger partial charge in [-0.2, -0.15) is 0 Å². The molecular weight excluding hydrogens is 266 g/mol. The molecule has 0 aliphatic heterocycles. The summed E-state index contributed by atoms with van der Waals surface area (Å²) in [7, 11) is 0. The highest BCUT2D eigenvalue weighted by molar-refractivity contribution is 5.67. The first kappa shape index (κ1) is 16.6. The highest BCUT2D eigenvalue weighted by Gasteiger charge is 2.14. The molecule has 0 N–H and O–H groups in total. The highest BCUT2D eigenvalue weighted by atomic mass is 15.1. The van der Waals surface area contributed by atoms with Gasteiger partial charge < -0.3 is 4.90 Å². The number of nitrogens with zero attached hydrogens (tertiary/aromatic N) is 1. The Labute approximate surface area is 136 Å². The molecule has 0 atom stereocenters. The minimum atomic E-state index is 0.540. The first-order valence-corrected chi connectivity index (χ1v) is 8.65. The van der Waals surface area contributed by atoms with Gasteiger partial charge in [0.2, 0.25) is 0 Å². The van der Waals surface area contributed by atoms with E-state index in [1.165, 1.54) is 42.6 Å². The fraction of sp³-hybridized carbons (Fsp3) is 0.429. The van der Waals surface area contributed by atoms with Crippen molar-refractivity contribution in [2.45, 2.75) is 52.4 Å². The Morgan fingerprint density at radius 1 is 0.818 bits per heavy atom. The molecule has 0 heterocycles. The fourth-order valence-corrected chi connectivity index (χ4v) is 2.91. The number of para-hydroxylation sites is 2. The van der Waals surface area contributed by atoms with Crippen molar-refractivity contribution in [2.75, 3.05) is 11.4 Å². The van der Waals surface area contributed by atoms with E-state index in [2.05, 4.69) is 80.3 Å². The van der Waals surface area contributed by atoms with Crippen molar-refractivity contribution in [1.82, 2.24) is 0 Å². The van der Waals surface area contributed by atoms with Gasteiger partial charge in [-0.25, -0.2) is 0 Å². The van der Waals surface area contributed by atoms with Gasteiger partial charge in [0.15, 0.2) is 0 Å². The van der Waals surface area contributed by atoms with Gasteiger partial charge in [0, 0.05) is 17.9 Å². The van der Waals surface area contributed by atoms with Crippen LogP contribution in [-0.4, -0.2) is 6.54 Å². The van der Waals surface area contributed by atoms with Gasteiger partial charge in [-0.15, -0.1) is 0 Å². The fourth-order valence-electron chi connectivity index (χ4n) is 2.91. The number of rotatable bonds is 8. The number of anilines is 2. The third-order valence-corrected chi connectivity index (χ3v) is 4.15. The molecule has 22 heavy (non-hydrogen) atoms. The average molecular weight is 295 g/mol. The lowest BCUT2D eigenvalue weighted by Crippen LogP contribution is -2.20. The van der Waals surface area contributed by atoms with Crippen molar-refractivity contribution in [3.05, 3.63) is 60.2 Å². The molecule has 0 amide bonds. The van der Waals surface area contributed by atoms with E-state index in [4.69, 9.17) is 0 Å². The zero-order chi connectivity index (χ0) is 15.8. The van der Waals surface area contributed by atoms with Crippen molar-refractivity contribution in [2.24, 2.45) is 0 Å². The van der Waals surface area contributed by atoms with Crippen LogP contribution in [0, 0.1) is 0 Å². The largest absolute Gasteiger partial charge is 0.341 e. The van der Waals surface area contributed by atoms with Crippen LogP contribution in [-0.2, 0) is 0 Å². The molecule has 1 heteroatoms. The van der Waals surface area contributed by atoms with E-state index in [1.807, 2.05) is 0 Å². The second kappa shape index (κ2) is 8.63. The predicted octanol–water partition coefficient (Wildman–Crippen LogP) is 6.53. The molecule has 0 unspecified atom stereocenters. The van der Waals surface area contributed by atoms with E-state index < -0.39 is 0 Å². The maximum atomic E-state index is 2.49. The van der Waals surface area contributed by atoms with Crippen LogP contribution in [0.5, 0.6) is 0 Å². The summed E-state index contributed by atoms with van der Waals surface area (Å²) in [6.07, 6.45) is 5.17. The van der Waals surface area contributed by atoms with Gasteiger partial charge >= 0.3 is 0 Å². The number of hydrogen-bond donors (Lipinski definition) is 0. The van der Waals surface area contributed by atoms with E-state index in [-0.39, 0.29) is 0 Å². The van der Waals surface area contributed by atoms with Gasteiger partial charge in [0.25, 0.3) is 0 Å². The average Bonchev–Trinajstić information content (AvgIpc) is 2.56. The molecule has 0 aliphatic rings. The first-order valence-electron chi connectivity index (χ1n) is 8.65. The molecule has 0 aliphatic carbocycles. The van der Waals surface area contributed by atoms with Crippen molar-refractivity contribution in [3.63, 3.8) is 0 Å². The maximum absolute atomic E-state index is 2.49. The summed E-state index contributed by atoms with van der Waals surface area (Å²) < 4.78 is 0. The van der Waals surface area contributed by atoms with Crippen LogP contribution in [0.25, 0.3) is 0 Å². The van der Waals surface area contributed by atoms with Crippen molar-refractivity contribution < 1.29 is 0 Å². The first-order chi connectivity index (χ1) is 10.7. The lowest BCUT2D eigenvalue weighted by molar-refractivity contribution is 0.667. The summed E-state index contributed by atoms with van der Waals surface area (Å²) in [5.74, 6) is 0.540. The summed E-state index contributed by atoms with van der Waals surface area (Å²) in [4.78, 5) is 2.49. The molecule has 0 saturated heterocycles. The monoisotopic (exact) mass is 295 g/mol.